The lowest BCUT2D eigenvalue weighted by molar-refractivity contribution is -0.122. The Morgan fingerprint density at radius 1 is 1.59 bits per heavy atom. The second kappa shape index (κ2) is 5.47. The standard InChI is InChI=1S/C11H17N3O3/c1-4-7(2)13-10(15)6-14-8(3)9(5-12-14)11(16)17/h5,7H,4,6H2,1-3H3,(H,13,15)(H,16,17). The summed E-state index contributed by atoms with van der Waals surface area (Å²) in [5.74, 6) is -1.20. The van der Waals surface area contributed by atoms with Crippen LogP contribution in [0, 0.1) is 6.92 Å². The summed E-state index contributed by atoms with van der Waals surface area (Å²) in [6.07, 6.45) is 2.11. The zero-order chi connectivity index (χ0) is 13.0. The maximum Gasteiger partial charge on any atom is 0.339 e. The van der Waals surface area contributed by atoms with Crippen molar-refractivity contribution in [3.05, 3.63) is 17.5 Å². The number of hydrogen-bond acceptors (Lipinski definition) is 3. The van der Waals surface area contributed by atoms with Crippen LogP contribution in [-0.4, -0.2) is 32.8 Å². The van der Waals surface area contributed by atoms with Crippen molar-refractivity contribution in [1.29, 1.82) is 0 Å². The van der Waals surface area contributed by atoms with E-state index >= 15 is 0 Å². The number of aromatic carboxylic acids is 1. The van der Waals surface area contributed by atoms with Crippen LogP contribution >= 0.6 is 0 Å². The van der Waals surface area contributed by atoms with Gasteiger partial charge in [0.15, 0.2) is 0 Å². The Bertz CT molecular complexity index is 426. The first kappa shape index (κ1) is 13.2. The minimum absolute atomic E-state index is 0.0451. The number of nitrogens with one attached hydrogen (secondary N) is 1. The van der Waals surface area contributed by atoms with E-state index in [1.165, 1.54) is 10.9 Å². The summed E-state index contributed by atoms with van der Waals surface area (Å²) in [6, 6.07) is 0.109. The summed E-state index contributed by atoms with van der Waals surface area (Å²) in [7, 11) is 0. The van der Waals surface area contributed by atoms with Gasteiger partial charge in [0.1, 0.15) is 12.1 Å². The molecular formula is C11H17N3O3. The number of hydrogen-bond donors (Lipinski definition) is 2. The Morgan fingerprint density at radius 3 is 2.71 bits per heavy atom. The van der Waals surface area contributed by atoms with Gasteiger partial charge in [0, 0.05) is 6.04 Å². The van der Waals surface area contributed by atoms with Crippen molar-refractivity contribution in [2.24, 2.45) is 0 Å². The summed E-state index contributed by atoms with van der Waals surface area (Å²) < 4.78 is 1.39. The number of aromatic nitrogens is 2. The van der Waals surface area contributed by atoms with E-state index in [0.717, 1.165) is 6.42 Å². The third kappa shape index (κ3) is 3.30. The summed E-state index contributed by atoms with van der Waals surface area (Å²) in [6.45, 7) is 5.57. The van der Waals surface area contributed by atoms with Gasteiger partial charge < -0.3 is 10.4 Å². The van der Waals surface area contributed by atoms with Crippen molar-refractivity contribution in [3.8, 4) is 0 Å². The molecule has 1 rings (SSSR count). The summed E-state index contributed by atoms with van der Waals surface area (Å²) in [5.41, 5.74) is 0.609. The Kier molecular flexibility index (Phi) is 4.25. The maximum absolute atomic E-state index is 11.6. The minimum atomic E-state index is -1.03. The lowest BCUT2D eigenvalue weighted by Crippen LogP contribution is -2.35. The van der Waals surface area contributed by atoms with E-state index < -0.39 is 5.97 Å². The molecule has 0 aliphatic heterocycles. The quantitative estimate of drug-likeness (QED) is 0.796. The van der Waals surface area contributed by atoms with Crippen LogP contribution in [0.25, 0.3) is 0 Å². The SMILES string of the molecule is CCC(C)NC(=O)Cn1ncc(C(=O)O)c1C. The molecule has 0 aromatic carbocycles. The molecule has 0 saturated carbocycles. The molecule has 1 heterocycles. The van der Waals surface area contributed by atoms with Crippen LogP contribution in [0.5, 0.6) is 0 Å². The third-order valence-corrected chi connectivity index (χ3v) is 2.65. The van der Waals surface area contributed by atoms with Gasteiger partial charge in [-0.25, -0.2) is 4.79 Å². The Balaban J connectivity index is 2.69. The highest BCUT2D eigenvalue weighted by Gasteiger charge is 2.15. The van der Waals surface area contributed by atoms with Crippen molar-refractivity contribution in [2.45, 2.75) is 39.8 Å². The van der Waals surface area contributed by atoms with Crippen molar-refractivity contribution in [1.82, 2.24) is 15.1 Å². The topological polar surface area (TPSA) is 84.2 Å². The van der Waals surface area contributed by atoms with E-state index in [1.807, 2.05) is 13.8 Å². The first-order chi connectivity index (χ1) is 7.95. The number of rotatable bonds is 5. The normalized spacial score (nSPS) is 12.2. The van der Waals surface area contributed by atoms with Gasteiger partial charge in [0.05, 0.1) is 11.9 Å². The molecule has 1 unspecified atom stereocenters. The predicted molar refractivity (Wildman–Crippen MR) is 61.8 cm³/mol. The Morgan fingerprint density at radius 2 is 2.24 bits per heavy atom. The van der Waals surface area contributed by atoms with E-state index in [2.05, 4.69) is 10.4 Å². The van der Waals surface area contributed by atoms with Crippen molar-refractivity contribution in [2.75, 3.05) is 0 Å². The number of carboxylic acid groups (broad SMARTS) is 1. The van der Waals surface area contributed by atoms with Gasteiger partial charge in [0.2, 0.25) is 5.91 Å². The van der Waals surface area contributed by atoms with Gasteiger partial charge in [0.25, 0.3) is 0 Å². The minimum Gasteiger partial charge on any atom is -0.478 e. The van der Waals surface area contributed by atoms with Gasteiger partial charge in [-0.05, 0) is 20.3 Å². The van der Waals surface area contributed by atoms with E-state index in [4.69, 9.17) is 5.11 Å². The highest BCUT2D eigenvalue weighted by Crippen LogP contribution is 2.06. The van der Waals surface area contributed by atoms with Crippen LogP contribution in [-0.2, 0) is 11.3 Å². The summed E-state index contributed by atoms with van der Waals surface area (Å²) in [4.78, 5) is 22.4. The molecule has 0 radical (unpaired) electrons. The van der Waals surface area contributed by atoms with Crippen LogP contribution in [0.1, 0.15) is 36.3 Å². The molecule has 2 N–H and O–H groups in total. The molecule has 0 aliphatic carbocycles. The number of carbonyl (C=O) groups is 2. The van der Waals surface area contributed by atoms with Crippen LogP contribution in [0.4, 0.5) is 0 Å². The molecule has 0 bridgehead atoms. The monoisotopic (exact) mass is 239 g/mol. The molecular weight excluding hydrogens is 222 g/mol. The van der Waals surface area contributed by atoms with Gasteiger partial charge >= 0.3 is 5.97 Å². The van der Waals surface area contributed by atoms with Gasteiger partial charge in [-0.15, -0.1) is 0 Å². The fraction of sp³-hybridized carbons (Fsp3) is 0.545. The maximum atomic E-state index is 11.6. The smallest absolute Gasteiger partial charge is 0.339 e. The number of nitrogens with zero attached hydrogens (tertiary/aromatic N) is 2. The largest absolute Gasteiger partial charge is 0.478 e. The van der Waals surface area contributed by atoms with Crippen LogP contribution in [0.2, 0.25) is 0 Å². The Hall–Kier alpha value is -1.85. The highest BCUT2D eigenvalue weighted by atomic mass is 16.4. The van der Waals surface area contributed by atoms with Crippen molar-refractivity contribution in [3.63, 3.8) is 0 Å². The van der Waals surface area contributed by atoms with E-state index in [-0.39, 0.29) is 24.1 Å². The molecule has 1 amide bonds. The second-order valence-electron chi connectivity index (χ2n) is 3.98. The summed E-state index contributed by atoms with van der Waals surface area (Å²) in [5, 5.41) is 15.5. The fourth-order valence-electron chi connectivity index (χ4n) is 1.37. The Labute approximate surface area is 99.6 Å². The molecule has 1 aromatic rings. The molecule has 6 nitrogen and oxygen atoms in total. The fourth-order valence-corrected chi connectivity index (χ4v) is 1.37. The lowest BCUT2D eigenvalue weighted by Gasteiger charge is -2.11. The molecule has 6 heteroatoms. The van der Waals surface area contributed by atoms with E-state index in [1.54, 1.807) is 6.92 Å². The molecule has 0 aliphatic rings. The number of amides is 1. The number of carboxylic acids is 1. The zero-order valence-corrected chi connectivity index (χ0v) is 10.2. The molecule has 1 aromatic heterocycles. The second-order valence-corrected chi connectivity index (χ2v) is 3.98. The zero-order valence-electron chi connectivity index (χ0n) is 10.2. The molecule has 17 heavy (non-hydrogen) atoms. The molecule has 94 valence electrons. The molecule has 0 spiro atoms. The summed E-state index contributed by atoms with van der Waals surface area (Å²) >= 11 is 0. The van der Waals surface area contributed by atoms with Crippen molar-refractivity contribution >= 4 is 11.9 Å². The van der Waals surface area contributed by atoms with Crippen LogP contribution in [0.15, 0.2) is 6.20 Å². The molecule has 0 saturated heterocycles. The van der Waals surface area contributed by atoms with Crippen LogP contribution in [0.3, 0.4) is 0 Å². The van der Waals surface area contributed by atoms with Crippen LogP contribution < -0.4 is 5.32 Å². The van der Waals surface area contributed by atoms with Gasteiger partial charge in [-0.3, -0.25) is 9.48 Å². The van der Waals surface area contributed by atoms with Crippen molar-refractivity contribution < 1.29 is 14.7 Å². The van der Waals surface area contributed by atoms with E-state index in [9.17, 15) is 9.59 Å². The number of carbonyl (C=O) groups excluding carboxylic acids is 1. The average Bonchev–Trinajstić information content (AvgIpc) is 2.60. The van der Waals surface area contributed by atoms with Gasteiger partial charge in [-0.1, -0.05) is 6.92 Å². The van der Waals surface area contributed by atoms with Gasteiger partial charge in [-0.2, -0.15) is 5.10 Å². The third-order valence-electron chi connectivity index (χ3n) is 2.65. The first-order valence-electron chi connectivity index (χ1n) is 5.50. The highest BCUT2D eigenvalue weighted by molar-refractivity contribution is 5.88. The first-order valence-corrected chi connectivity index (χ1v) is 5.50. The molecule has 0 fully saturated rings. The average molecular weight is 239 g/mol. The molecule has 1 atom stereocenters. The van der Waals surface area contributed by atoms with E-state index in [0.29, 0.717) is 5.69 Å². The lowest BCUT2D eigenvalue weighted by atomic mass is 10.2. The predicted octanol–water partition coefficient (Wildman–Crippen LogP) is 0.804.